The second-order valence-corrected chi connectivity index (χ2v) is 9.86. The lowest BCUT2D eigenvalue weighted by molar-refractivity contribution is 0.0827. The second-order valence-electron chi connectivity index (χ2n) is 7.86. The topological polar surface area (TPSA) is 95.5 Å². The molecule has 1 N–H and O–H groups in total. The van der Waals surface area contributed by atoms with E-state index in [9.17, 15) is 13.2 Å². The number of carbonyl (C=O) groups is 1. The summed E-state index contributed by atoms with van der Waals surface area (Å²) in [6.45, 7) is 3.62. The Balaban J connectivity index is 1.76. The average Bonchev–Trinajstić information content (AvgIpc) is 2.78. The normalized spacial score (nSPS) is 11.6. The average molecular weight is 454 g/mol. The summed E-state index contributed by atoms with van der Waals surface area (Å²) >= 11 is 0. The molecular formula is C23H27N5O3S. The quantitative estimate of drug-likeness (QED) is 0.587. The molecular weight excluding hydrogens is 426 g/mol. The predicted octanol–water partition coefficient (Wildman–Crippen LogP) is 3.62. The SMILES string of the molecule is CC(C)N(C)S(=O)(=O)c1cncc(Nc2ccc(-c3ccc(C(=O)N(C)C)cc3)cn2)c1. The number of hydrogen-bond acceptors (Lipinski definition) is 6. The Morgan fingerprint density at radius 3 is 2.16 bits per heavy atom. The molecule has 0 aliphatic rings. The van der Waals surface area contributed by atoms with Crippen LogP contribution < -0.4 is 5.32 Å². The van der Waals surface area contributed by atoms with Crippen LogP contribution in [0.25, 0.3) is 11.1 Å². The van der Waals surface area contributed by atoms with Crippen LogP contribution in [0.1, 0.15) is 24.2 Å². The molecule has 0 unspecified atom stereocenters. The Kier molecular flexibility index (Phi) is 6.90. The van der Waals surface area contributed by atoms with Crippen molar-refractivity contribution >= 4 is 27.4 Å². The van der Waals surface area contributed by atoms with Crippen LogP contribution in [0.3, 0.4) is 0 Å². The zero-order chi connectivity index (χ0) is 23.5. The summed E-state index contributed by atoms with van der Waals surface area (Å²) in [5.74, 6) is 0.508. The van der Waals surface area contributed by atoms with Crippen molar-refractivity contribution < 1.29 is 13.2 Å². The van der Waals surface area contributed by atoms with Crippen molar-refractivity contribution in [1.29, 1.82) is 0 Å². The van der Waals surface area contributed by atoms with Crippen molar-refractivity contribution in [3.05, 3.63) is 66.6 Å². The van der Waals surface area contributed by atoms with Gasteiger partial charge in [0, 0.05) is 50.7 Å². The maximum absolute atomic E-state index is 12.7. The third kappa shape index (κ3) is 5.12. The number of carbonyl (C=O) groups excluding carboxylic acids is 1. The summed E-state index contributed by atoms with van der Waals surface area (Å²) in [4.78, 5) is 22.2. The largest absolute Gasteiger partial charge is 0.345 e. The molecule has 0 radical (unpaired) electrons. The van der Waals surface area contributed by atoms with Crippen molar-refractivity contribution in [3.63, 3.8) is 0 Å². The van der Waals surface area contributed by atoms with Crippen LogP contribution in [0.2, 0.25) is 0 Å². The van der Waals surface area contributed by atoms with Crippen molar-refractivity contribution in [2.24, 2.45) is 0 Å². The van der Waals surface area contributed by atoms with E-state index in [1.807, 2.05) is 32.0 Å². The highest BCUT2D eigenvalue weighted by molar-refractivity contribution is 7.89. The van der Waals surface area contributed by atoms with Crippen LogP contribution in [-0.4, -0.2) is 60.7 Å². The van der Waals surface area contributed by atoms with Gasteiger partial charge in [-0.3, -0.25) is 9.78 Å². The lowest BCUT2D eigenvalue weighted by atomic mass is 10.1. The van der Waals surface area contributed by atoms with Crippen LogP contribution in [-0.2, 0) is 10.0 Å². The molecule has 3 rings (SSSR count). The number of rotatable bonds is 7. The fourth-order valence-corrected chi connectivity index (χ4v) is 4.28. The number of amides is 1. The first-order valence-corrected chi connectivity index (χ1v) is 11.5. The first-order valence-electron chi connectivity index (χ1n) is 10.1. The number of anilines is 2. The van der Waals surface area contributed by atoms with Crippen LogP contribution in [0.4, 0.5) is 11.5 Å². The van der Waals surface area contributed by atoms with Crippen molar-refractivity contribution in [3.8, 4) is 11.1 Å². The van der Waals surface area contributed by atoms with E-state index in [-0.39, 0.29) is 16.8 Å². The third-order valence-corrected chi connectivity index (χ3v) is 7.02. The molecule has 0 fully saturated rings. The van der Waals surface area contributed by atoms with Gasteiger partial charge in [-0.1, -0.05) is 12.1 Å². The van der Waals surface area contributed by atoms with E-state index >= 15 is 0 Å². The van der Waals surface area contributed by atoms with Gasteiger partial charge >= 0.3 is 0 Å². The number of benzene rings is 1. The molecule has 3 aromatic rings. The smallest absolute Gasteiger partial charge is 0.253 e. The monoisotopic (exact) mass is 453 g/mol. The Labute approximate surface area is 189 Å². The van der Waals surface area contributed by atoms with Crippen molar-refractivity contribution in [2.75, 3.05) is 26.5 Å². The minimum absolute atomic E-state index is 0.0494. The van der Waals surface area contributed by atoms with Gasteiger partial charge in [-0.25, -0.2) is 13.4 Å². The predicted molar refractivity (Wildman–Crippen MR) is 125 cm³/mol. The van der Waals surface area contributed by atoms with E-state index in [1.165, 1.54) is 21.5 Å². The van der Waals surface area contributed by atoms with E-state index in [2.05, 4.69) is 15.3 Å². The Morgan fingerprint density at radius 2 is 1.59 bits per heavy atom. The molecule has 0 bridgehead atoms. The minimum atomic E-state index is -3.63. The summed E-state index contributed by atoms with van der Waals surface area (Å²) in [7, 11) is 1.35. The molecule has 168 valence electrons. The molecule has 0 aliphatic heterocycles. The van der Waals surface area contributed by atoms with Gasteiger partial charge in [0.15, 0.2) is 0 Å². The highest BCUT2D eigenvalue weighted by atomic mass is 32.2. The molecule has 0 atom stereocenters. The minimum Gasteiger partial charge on any atom is -0.345 e. The van der Waals surface area contributed by atoms with Gasteiger partial charge in [0.05, 0.1) is 11.9 Å². The summed E-state index contributed by atoms with van der Waals surface area (Å²) in [6, 6.07) is 12.4. The van der Waals surface area contributed by atoms with Crippen LogP contribution >= 0.6 is 0 Å². The molecule has 32 heavy (non-hydrogen) atoms. The van der Waals surface area contributed by atoms with Crippen LogP contribution in [0.15, 0.2) is 66.0 Å². The molecule has 2 aromatic heterocycles. The fourth-order valence-electron chi connectivity index (χ4n) is 2.92. The summed E-state index contributed by atoms with van der Waals surface area (Å²) < 4.78 is 26.7. The highest BCUT2D eigenvalue weighted by Gasteiger charge is 2.23. The lowest BCUT2D eigenvalue weighted by Crippen LogP contribution is -2.33. The molecule has 0 saturated carbocycles. The number of pyridine rings is 2. The van der Waals surface area contributed by atoms with Gasteiger partial charge in [-0.2, -0.15) is 4.31 Å². The molecule has 8 nitrogen and oxygen atoms in total. The van der Waals surface area contributed by atoms with Gasteiger partial charge < -0.3 is 10.2 Å². The summed E-state index contributed by atoms with van der Waals surface area (Å²) in [6.07, 6.45) is 4.59. The van der Waals surface area contributed by atoms with E-state index < -0.39 is 10.0 Å². The zero-order valence-corrected chi connectivity index (χ0v) is 19.6. The number of sulfonamides is 1. The Morgan fingerprint density at radius 1 is 0.938 bits per heavy atom. The Bertz CT molecular complexity index is 1190. The van der Waals surface area contributed by atoms with Crippen LogP contribution in [0.5, 0.6) is 0 Å². The number of nitrogens with zero attached hydrogens (tertiary/aromatic N) is 4. The number of hydrogen-bond donors (Lipinski definition) is 1. The maximum Gasteiger partial charge on any atom is 0.253 e. The van der Waals surface area contributed by atoms with Gasteiger partial charge in [-0.05, 0) is 49.7 Å². The van der Waals surface area contributed by atoms with Gasteiger partial charge in [0.25, 0.3) is 5.91 Å². The molecule has 2 heterocycles. The number of nitrogens with one attached hydrogen (secondary N) is 1. The molecule has 1 amide bonds. The van der Waals surface area contributed by atoms with E-state index in [0.29, 0.717) is 17.1 Å². The first-order chi connectivity index (χ1) is 15.1. The molecule has 9 heteroatoms. The molecule has 0 aliphatic carbocycles. The van der Waals surface area contributed by atoms with Gasteiger partial charge in [0.2, 0.25) is 10.0 Å². The van der Waals surface area contributed by atoms with Crippen molar-refractivity contribution in [1.82, 2.24) is 19.2 Å². The van der Waals surface area contributed by atoms with Crippen molar-refractivity contribution in [2.45, 2.75) is 24.8 Å². The summed E-state index contributed by atoms with van der Waals surface area (Å²) in [5, 5.41) is 3.09. The van der Waals surface area contributed by atoms with E-state index in [1.54, 1.807) is 51.7 Å². The molecule has 0 spiro atoms. The van der Waals surface area contributed by atoms with Crippen LogP contribution in [0, 0.1) is 0 Å². The number of aromatic nitrogens is 2. The third-order valence-electron chi connectivity index (χ3n) is 5.02. The molecule has 1 aromatic carbocycles. The van der Waals surface area contributed by atoms with Gasteiger partial charge in [0.1, 0.15) is 10.7 Å². The first kappa shape index (κ1) is 23.4. The van der Waals surface area contributed by atoms with E-state index in [0.717, 1.165) is 11.1 Å². The maximum atomic E-state index is 12.7. The molecule has 0 saturated heterocycles. The lowest BCUT2D eigenvalue weighted by Gasteiger charge is -2.21. The zero-order valence-electron chi connectivity index (χ0n) is 18.8. The van der Waals surface area contributed by atoms with Gasteiger partial charge in [-0.15, -0.1) is 0 Å². The summed E-state index contributed by atoms with van der Waals surface area (Å²) in [5.41, 5.74) is 2.98. The van der Waals surface area contributed by atoms with E-state index in [4.69, 9.17) is 0 Å². The highest BCUT2D eigenvalue weighted by Crippen LogP contribution is 2.24. The standard InChI is InChI=1S/C23H27N5O3S/c1-16(2)28(5)32(30,31)21-12-20(14-24-15-21)26-22-11-10-19(13-25-22)17-6-8-18(9-7-17)23(29)27(3)4/h6-16H,1-5H3,(H,25,26). The fraction of sp³-hybridized carbons (Fsp3) is 0.261. The Hall–Kier alpha value is -3.30. The second kappa shape index (κ2) is 9.46.